The Hall–Kier alpha value is -1.39. The third-order valence-corrected chi connectivity index (χ3v) is 5.81. The van der Waals surface area contributed by atoms with E-state index in [9.17, 15) is 4.79 Å². The molecule has 0 spiro atoms. The van der Waals surface area contributed by atoms with Gasteiger partial charge in [0, 0.05) is 19.5 Å². The fourth-order valence-electron chi connectivity index (χ4n) is 4.11. The Bertz CT molecular complexity index is 531. The number of piperidine rings is 1. The smallest absolute Gasteiger partial charge is 0.220 e. The number of carbonyl (C=O) groups excluding carboxylic acids is 1. The van der Waals surface area contributed by atoms with Gasteiger partial charge in [0.1, 0.15) is 0 Å². The maximum atomic E-state index is 12.2. The lowest BCUT2D eigenvalue weighted by Gasteiger charge is -2.27. The summed E-state index contributed by atoms with van der Waals surface area (Å²) in [6.07, 6.45) is 5.72. The first-order valence-electron chi connectivity index (χ1n) is 9.98. The molecule has 0 radical (unpaired) electrons. The number of carbonyl (C=O) groups is 1. The summed E-state index contributed by atoms with van der Waals surface area (Å²) < 4.78 is 0. The lowest BCUT2D eigenvalue weighted by Crippen LogP contribution is -2.33. The van der Waals surface area contributed by atoms with Crippen LogP contribution in [0, 0.1) is 11.8 Å². The Balaban J connectivity index is 1.39. The van der Waals surface area contributed by atoms with Gasteiger partial charge in [-0.3, -0.25) is 9.69 Å². The number of benzene rings is 1. The largest absolute Gasteiger partial charge is 0.352 e. The van der Waals surface area contributed by atoms with E-state index in [0.717, 1.165) is 19.6 Å². The van der Waals surface area contributed by atoms with Crippen molar-refractivity contribution < 1.29 is 4.79 Å². The van der Waals surface area contributed by atoms with Crippen molar-refractivity contribution in [1.29, 1.82) is 0 Å². The third kappa shape index (κ3) is 5.82. The highest BCUT2D eigenvalue weighted by atomic mass is 16.1. The molecular weight excluding hydrogens is 310 g/mol. The standard InChI is InChI=1S/C21H33N3O/c1-17(20-8-10-22-11-9-20)14-21(25)23-15-18-4-6-19(7-5-18)16-24-12-2-3-13-24/h4-7,17,20,22H,2-3,8-16H2,1H3,(H,23,25). The van der Waals surface area contributed by atoms with Gasteiger partial charge in [0.2, 0.25) is 5.91 Å². The number of nitrogens with one attached hydrogen (secondary N) is 2. The van der Waals surface area contributed by atoms with Crippen molar-refractivity contribution in [2.24, 2.45) is 11.8 Å². The van der Waals surface area contributed by atoms with Crippen LogP contribution >= 0.6 is 0 Å². The number of amides is 1. The minimum absolute atomic E-state index is 0.187. The van der Waals surface area contributed by atoms with Crippen LogP contribution in [0.1, 0.15) is 50.2 Å². The quantitative estimate of drug-likeness (QED) is 0.800. The van der Waals surface area contributed by atoms with E-state index in [2.05, 4.69) is 46.7 Å². The molecular formula is C21H33N3O. The second-order valence-electron chi connectivity index (χ2n) is 7.85. The number of nitrogens with zero attached hydrogens (tertiary/aromatic N) is 1. The van der Waals surface area contributed by atoms with Crippen LogP contribution in [0.2, 0.25) is 0 Å². The monoisotopic (exact) mass is 343 g/mol. The zero-order chi connectivity index (χ0) is 17.5. The van der Waals surface area contributed by atoms with Gasteiger partial charge in [-0.05, 0) is 74.8 Å². The van der Waals surface area contributed by atoms with Crippen LogP contribution in [0.5, 0.6) is 0 Å². The van der Waals surface area contributed by atoms with E-state index in [1.165, 1.54) is 49.9 Å². The topological polar surface area (TPSA) is 44.4 Å². The third-order valence-electron chi connectivity index (χ3n) is 5.81. The van der Waals surface area contributed by atoms with Crippen LogP contribution in [0.4, 0.5) is 0 Å². The van der Waals surface area contributed by atoms with E-state index in [-0.39, 0.29) is 5.91 Å². The van der Waals surface area contributed by atoms with E-state index >= 15 is 0 Å². The van der Waals surface area contributed by atoms with E-state index < -0.39 is 0 Å². The van der Waals surface area contributed by atoms with Gasteiger partial charge in [0.15, 0.2) is 0 Å². The van der Waals surface area contributed by atoms with Crippen LogP contribution in [-0.2, 0) is 17.9 Å². The Labute approximate surface area is 152 Å². The van der Waals surface area contributed by atoms with Crippen LogP contribution < -0.4 is 10.6 Å². The molecule has 2 aliphatic rings. The van der Waals surface area contributed by atoms with Gasteiger partial charge in [0.05, 0.1) is 0 Å². The van der Waals surface area contributed by atoms with Crippen molar-refractivity contribution in [3.05, 3.63) is 35.4 Å². The molecule has 2 fully saturated rings. The zero-order valence-corrected chi connectivity index (χ0v) is 15.6. The van der Waals surface area contributed by atoms with E-state index in [0.29, 0.717) is 24.8 Å². The predicted octanol–water partition coefficient (Wildman–Crippen LogP) is 2.92. The summed E-state index contributed by atoms with van der Waals surface area (Å²) in [4.78, 5) is 14.7. The molecule has 1 aromatic rings. The van der Waals surface area contributed by atoms with Crippen LogP contribution in [-0.4, -0.2) is 37.0 Å². The fourth-order valence-corrected chi connectivity index (χ4v) is 4.11. The summed E-state index contributed by atoms with van der Waals surface area (Å²) in [7, 11) is 0. The van der Waals surface area contributed by atoms with Crippen LogP contribution in [0.3, 0.4) is 0 Å². The number of likely N-dealkylation sites (tertiary alicyclic amines) is 1. The maximum Gasteiger partial charge on any atom is 0.220 e. The molecule has 1 amide bonds. The Morgan fingerprint density at radius 2 is 1.80 bits per heavy atom. The van der Waals surface area contributed by atoms with Gasteiger partial charge in [-0.2, -0.15) is 0 Å². The molecule has 2 N–H and O–H groups in total. The van der Waals surface area contributed by atoms with Crippen LogP contribution in [0.15, 0.2) is 24.3 Å². The highest BCUT2D eigenvalue weighted by Gasteiger charge is 2.21. The molecule has 1 atom stereocenters. The molecule has 0 aliphatic carbocycles. The van der Waals surface area contributed by atoms with Gasteiger partial charge in [-0.1, -0.05) is 31.2 Å². The maximum absolute atomic E-state index is 12.2. The summed E-state index contributed by atoms with van der Waals surface area (Å²) in [5.41, 5.74) is 2.56. The molecule has 138 valence electrons. The molecule has 0 bridgehead atoms. The Kier molecular flexibility index (Phi) is 6.88. The molecule has 4 nitrogen and oxygen atoms in total. The minimum Gasteiger partial charge on any atom is -0.352 e. The van der Waals surface area contributed by atoms with Gasteiger partial charge in [-0.25, -0.2) is 0 Å². The number of hydrogen-bond donors (Lipinski definition) is 2. The first kappa shape index (κ1) is 18.4. The second kappa shape index (κ2) is 9.35. The van der Waals surface area contributed by atoms with Gasteiger partial charge in [-0.15, -0.1) is 0 Å². The first-order chi connectivity index (χ1) is 12.2. The van der Waals surface area contributed by atoms with Crippen molar-refractivity contribution in [2.75, 3.05) is 26.2 Å². The van der Waals surface area contributed by atoms with Gasteiger partial charge < -0.3 is 10.6 Å². The highest BCUT2D eigenvalue weighted by Crippen LogP contribution is 2.24. The summed E-state index contributed by atoms with van der Waals surface area (Å²) in [5, 5.41) is 6.49. The summed E-state index contributed by atoms with van der Waals surface area (Å²) in [6, 6.07) is 8.72. The summed E-state index contributed by atoms with van der Waals surface area (Å²) >= 11 is 0. The SMILES string of the molecule is CC(CC(=O)NCc1ccc(CN2CCCC2)cc1)C1CCNCC1. The fraction of sp³-hybridized carbons (Fsp3) is 0.667. The Morgan fingerprint density at radius 1 is 1.16 bits per heavy atom. The normalized spacial score (nSPS) is 20.5. The van der Waals surface area contributed by atoms with Gasteiger partial charge >= 0.3 is 0 Å². The second-order valence-corrected chi connectivity index (χ2v) is 7.85. The molecule has 2 heterocycles. The lowest BCUT2D eigenvalue weighted by atomic mass is 9.84. The lowest BCUT2D eigenvalue weighted by molar-refractivity contribution is -0.122. The molecule has 2 aliphatic heterocycles. The summed E-state index contributed by atoms with van der Waals surface area (Å²) in [5.74, 6) is 1.36. The first-order valence-corrected chi connectivity index (χ1v) is 9.98. The molecule has 1 aromatic carbocycles. The van der Waals surface area contributed by atoms with Crippen molar-refractivity contribution in [3.8, 4) is 0 Å². The molecule has 0 saturated carbocycles. The molecule has 25 heavy (non-hydrogen) atoms. The summed E-state index contributed by atoms with van der Waals surface area (Å²) in [6.45, 7) is 8.58. The molecule has 4 heteroatoms. The molecule has 0 aromatic heterocycles. The molecule has 3 rings (SSSR count). The van der Waals surface area contributed by atoms with E-state index in [1.807, 2.05) is 0 Å². The average molecular weight is 344 g/mol. The molecule has 2 saturated heterocycles. The van der Waals surface area contributed by atoms with E-state index in [4.69, 9.17) is 0 Å². The van der Waals surface area contributed by atoms with E-state index in [1.54, 1.807) is 0 Å². The Morgan fingerprint density at radius 3 is 2.48 bits per heavy atom. The minimum atomic E-state index is 0.187. The molecule has 1 unspecified atom stereocenters. The predicted molar refractivity (Wildman–Crippen MR) is 102 cm³/mol. The highest BCUT2D eigenvalue weighted by molar-refractivity contribution is 5.76. The van der Waals surface area contributed by atoms with Crippen molar-refractivity contribution in [3.63, 3.8) is 0 Å². The van der Waals surface area contributed by atoms with Crippen molar-refractivity contribution in [2.45, 2.75) is 52.1 Å². The average Bonchev–Trinajstić information content (AvgIpc) is 3.15. The van der Waals surface area contributed by atoms with Gasteiger partial charge in [0.25, 0.3) is 0 Å². The zero-order valence-electron chi connectivity index (χ0n) is 15.6. The number of rotatable bonds is 7. The van der Waals surface area contributed by atoms with Crippen molar-refractivity contribution >= 4 is 5.91 Å². The van der Waals surface area contributed by atoms with Crippen LogP contribution in [0.25, 0.3) is 0 Å². The number of hydrogen-bond acceptors (Lipinski definition) is 3. The van der Waals surface area contributed by atoms with Crippen molar-refractivity contribution in [1.82, 2.24) is 15.5 Å².